The van der Waals surface area contributed by atoms with Crippen LogP contribution >= 0.6 is 0 Å². The first-order chi connectivity index (χ1) is 36.7. The van der Waals surface area contributed by atoms with Gasteiger partial charge in [0.15, 0.2) is 0 Å². The molecule has 0 aliphatic heterocycles. The molecule has 1 atom stereocenters. The van der Waals surface area contributed by atoms with Crippen LogP contribution in [0, 0.1) is 0 Å². The summed E-state index contributed by atoms with van der Waals surface area (Å²) in [5, 5.41) is 4.78. The summed E-state index contributed by atoms with van der Waals surface area (Å²) in [4.78, 5) is 5.09. The first-order valence-corrected chi connectivity index (χ1v) is 25.5. The summed E-state index contributed by atoms with van der Waals surface area (Å²) in [5.41, 5.74) is 18.8. The lowest BCUT2D eigenvalue weighted by atomic mass is 9.78. The van der Waals surface area contributed by atoms with Crippen molar-refractivity contribution in [2.75, 3.05) is 9.80 Å². The Kier molecular flexibility index (Phi) is 10.4. The van der Waals surface area contributed by atoms with Gasteiger partial charge in [0.05, 0.1) is 16.7 Å². The van der Waals surface area contributed by atoms with Crippen molar-refractivity contribution in [2.24, 2.45) is 0 Å². The van der Waals surface area contributed by atoms with Crippen molar-refractivity contribution in [1.82, 2.24) is 4.57 Å². The van der Waals surface area contributed by atoms with E-state index >= 15 is 0 Å². The number of aromatic nitrogens is 1. The molecule has 12 aromatic carbocycles. The largest absolute Gasteiger partial charge is 0.323 e. The summed E-state index contributed by atoms with van der Waals surface area (Å²) in [5.74, 6) is 0. The molecule has 74 heavy (non-hydrogen) atoms. The molecule has 1 aromatic heterocycles. The second kappa shape index (κ2) is 17.9. The van der Waals surface area contributed by atoms with Gasteiger partial charge in [-0.25, -0.2) is 0 Å². The van der Waals surface area contributed by atoms with E-state index in [2.05, 4.69) is 312 Å². The smallest absolute Gasteiger partial charge is 0.122 e. The minimum Gasteiger partial charge on any atom is -0.323 e. The lowest BCUT2D eigenvalue weighted by Gasteiger charge is -2.45. The van der Waals surface area contributed by atoms with Crippen molar-refractivity contribution in [2.45, 2.75) is 5.54 Å². The van der Waals surface area contributed by atoms with E-state index in [4.69, 9.17) is 0 Å². The summed E-state index contributed by atoms with van der Waals surface area (Å²) >= 11 is 0. The van der Waals surface area contributed by atoms with Gasteiger partial charge in [0.1, 0.15) is 5.54 Å². The standard InChI is InChI=1S/C71H49N3/c1-5-22-50(23-6-1)53-28-19-34-57(46-53)73-69-40-18-16-38-64(69)65-45-43-59(49-70(65)73)72(68-41-21-27-52-26-13-14-36-61(52)68)58-42-44-63-62-37-15-17-39-66(62)71(67(63)48-58,55-30-9-3-10-31-55)74(56-32-11-4-12-33-56)60-35-20-29-54(47-60)51-24-7-2-8-25-51/h1-49H. The van der Waals surface area contributed by atoms with Gasteiger partial charge in [-0.3, -0.25) is 0 Å². The van der Waals surface area contributed by atoms with E-state index < -0.39 is 5.54 Å². The molecule has 1 unspecified atom stereocenters. The Morgan fingerprint density at radius 3 is 1.62 bits per heavy atom. The third-order valence-electron chi connectivity index (χ3n) is 15.1. The lowest BCUT2D eigenvalue weighted by molar-refractivity contribution is 0.644. The molecule has 3 heteroatoms. The summed E-state index contributed by atoms with van der Waals surface area (Å²) in [6.45, 7) is 0. The minimum atomic E-state index is -0.815. The monoisotopic (exact) mass is 943 g/mol. The van der Waals surface area contributed by atoms with Crippen molar-refractivity contribution in [1.29, 1.82) is 0 Å². The zero-order valence-electron chi connectivity index (χ0n) is 40.6. The molecule has 0 radical (unpaired) electrons. The van der Waals surface area contributed by atoms with Crippen LogP contribution in [0.25, 0.3) is 71.6 Å². The van der Waals surface area contributed by atoms with Crippen molar-refractivity contribution >= 4 is 61.0 Å². The van der Waals surface area contributed by atoms with Crippen LogP contribution < -0.4 is 9.80 Å². The van der Waals surface area contributed by atoms with E-state index in [1.165, 1.54) is 71.6 Å². The summed E-state index contributed by atoms with van der Waals surface area (Å²) in [6, 6.07) is 109. The Morgan fingerprint density at radius 1 is 0.297 bits per heavy atom. The number of hydrogen-bond donors (Lipinski definition) is 0. The first-order valence-electron chi connectivity index (χ1n) is 25.5. The van der Waals surface area contributed by atoms with E-state index in [0.717, 1.165) is 45.2 Å². The molecule has 0 amide bonds. The van der Waals surface area contributed by atoms with Gasteiger partial charge < -0.3 is 14.4 Å². The van der Waals surface area contributed by atoms with Gasteiger partial charge in [0.2, 0.25) is 0 Å². The van der Waals surface area contributed by atoms with Gasteiger partial charge >= 0.3 is 0 Å². The normalized spacial score (nSPS) is 13.7. The quantitative estimate of drug-likeness (QED) is 0.135. The minimum absolute atomic E-state index is 0.815. The molecule has 0 spiro atoms. The maximum absolute atomic E-state index is 2.60. The maximum Gasteiger partial charge on any atom is 0.122 e. The van der Waals surface area contributed by atoms with Crippen LogP contribution in [0.3, 0.4) is 0 Å². The average Bonchev–Trinajstić information content (AvgIpc) is 3.96. The number of para-hydroxylation sites is 2. The lowest BCUT2D eigenvalue weighted by Crippen LogP contribution is -2.44. The predicted molar refractivity (Wildman–Crippen MR) is 311 cm³/mol. The van der Waals surface area contributed by atoms with E-state index in [1.54, 1.807) is 0 Å². The molecule has 348 valence electrons. The van der Waals surface area contributed by atoms with Gasteiger partial charge in [-0.15, -0.1) is 0 Å². The van der Waals surface area contributed by atoms with Crippen LogP contribution in [0.2, 0.25) is 0 Å². The molecule has 0 fully saturated rings. The average molecular weight is 944 g/mol. The molecule has 13 aromatic rings. The predicted octanol–water partition coefficient (Wildman–Crippen LogP) is 18.9. The summed E-state index contributed by atoms with van der Waals surface area (Å²) in [6.07, 6.45) is 0. The number of rotatable bonds is 10. The van der Waals surface area contributed by atoms with Gasteiger partial charge in [0, 0.05) is 44.6 Å². The second-order valence-corrected chi connectivity index (χ2v) is 19.2. The molecule has 1 aliphatic rings. The van der Waals surface area contributed by atoms with Crippen LogP contribution in [-0.4, -0.2) is 4.57 Å². The molecule has 0 bridgehead atoms. The fourth-order valence-corrected chi connectivity index (χ4v) is 12.0. The molecule has 1 aliphatic carbocycles. The third kappa shape index (κ3) is 6.97. The Balaban J connectivity index is 1.05. The number of benzene rings is 12. The van der Waals surface area contributed by atoms with Crippen molar-refractivity contribution in [3.8, 4) is 39.1 Å². The van der Waals surface area contributed by atoms with E-state index in [0.29, 0.717) is 0 Å². The molecule has 0 saturated heterocycles. The van der Waals surface area contributed by atoms with Crippen molar-refractivity contribution in [3.63, 3.8) is 0 Å². The topological polar surface area (TPSA) is 11.4 Å². The van der Waals surface area contributed by atoms with Gasteiger partial charge in [0.25, 0.3) is 0 Å². The third-order valence-corrected chi connectivity index (χ3v) is 15.1. The number of fused-ring (bicyclic) bond motifs is 7. The van der Waals surface area contributed by atoms with Crippen molar-refractivity contribution < 1.29 is 0 Å². The molecular weight excluding hydrogens is 895 g/mol. The summed E-state index contributed by atoms with van der Waals surface area (Å²) < 4.78 is 2.45. The Hall–Kier alpha value is -9.70. The van der Waals surface area contributed by atoms with Crippen LogP contribution in [0.5, 0.6) is 0 Å². The Morgan fingerprint density at radius 2 is 0.838 bits per heavy atom. The second-order valence-electron chi connectivity index (χ2n) is 19.2. The Labute approximate surface area is 431 Å². The summed E-state index contributed by atoms with van der Waals surface area (Å²) in [7, 11) is 0. The van der Waals surface area contributed by atoms with Crippen LogP contribution in [0.1, 0.15) is 16.7 Å². The highest BCUT2D eigenvalue weighted by Gasteiger charge is 2.50. The van der Waals surface area contributed by atoms with Crippen LogP contribution in [0.15, 0.2) is 297 Å². The van der Waals surface area contributed by atoms with Gasteiger partial charge in [-0.1, -0.05) is 224 Å². The SMILES string of the molecule is c1ccc(-c2cccc(N(c3ccccc3)C3(c4ccccc4)c4ccccc4-c4ccc(N(c5ccc6c7ccccc7n(-c7cccc(-c8ccccc8)c7)c6c5)c5cccc6ccccc56)cc43)c2)cc1. The molecule has 0 saturated carbocycles. The van der Waals surface area contributed by atoms with E-state index in [-0.39, 0.29) is 0 Å². The van der Waals surface area contributed by atoms with E-state index in [9.17, 15) is 0 Å². The molecule has 14 rings (SSSR count). The number of nitrogens with zero attached hydrogens (tertiary/aromatic N) is 3. The number of hydrogen-bond acceptors (Lipinski definition) is 2. The van der Waals surface area contributed by atoms with Gasteiger partial charge in [-0.05, 0) is 128 Å². The highest BCUT2D eigenvalue weighted by Crippen LogP contribution is 2.59. The van der Waals surface area contributed by atoms with Crippen LogP contribution in [-0.2, 0) is 5.54 Å². The Bertz CT molecular complexity index is 4200. The molecular formula is C71H49N3. The molecule has 3 nitrogen and oxygen atoms in total. The number of anilines is 5. The highest BCUT2D eigenvalue weighted by molar-refractivity contribution is 6.11. The fourth-order valence-electron chi connectivity index (χ4n) is 12.0. The molecule has 0 N–H and O–H groups in total. The van der Waals surface area contributed by atoms with Crippen molar-refractivity contribution in [3.05, 3.63) is 314 Å². The fraction of sp³-hybridized carbons (Fsp3) is 0.0141. The molecule has 1 heterocycles. The maximum atomic E-state index is 2.60. The van der Waals surface area contributed by atoms with Gasteiger partial charge in [-0.2, -0.15) is 0 Å². The van der Waals surface area contributed by atoms with E-state index in [1.807, 2.05) is 0 Å². The highest BCUT2D eigenvalue weighted by atomic mass is 15.2. The zero-order chi connectivity index (χ0) is 49.0. The van der Waals surface area contributed by atoms with Crippen LogP contribution in [0.4, 0.5) is 28.4 Å². The zero-order valence-corrected chi connectivity index (χ0v) is 40.6. The first kappa shape index (κ1) is 43.1.